The summed E-state index contributed by atoms with van der Waals surface area (Å²) in [6.07, 6.45) is 7.06. The van der Waals surface area contributed by atoms with E-state index < -0.39 is 5.54 Å². The average Bonchev–Trinajstić information content (AvgIpc) is 2.99. The van der Waals surface area contributed by atoms with Gasteiger partial charge in [-0.1, -0.05) is 61.2 Å². The number of carbonyl (C=O) groups is 2. The van der Waals surface area contributed by atoms with Crippen molar-refractivity contribution >= 4 is 29.6 Å². The number of nitrogens with one attached hydrogen (secondary N) is 1. The summed E-state index contributed by atoms with van der Waals surface area (Å²) < 4.78 is 6.65. The molecule has 1 aliphatic rings. The maximum absolute atomic E-state index is 12.6. The van der Waals surface area contributed by atoms with Crippen molar-refractivity contribution in [1.82, 2.24) is 15.1 Å². The summed E-state index contributed by atoms with van der Waals surface area (Å²) >= 11 is 6.50. The Hall–Kier alpha value is -2.60. The number of ether oxygens (including phenoxy) is 1. The van der Waals surface area contributed by atoms with Crippen LogP contribution in [0.15, 0.2) is 36.4 Å². The minimum Gasteiger partial charge on any atom is -0.467 e. The van der Waals surface area contributed by atoms with Gasteiger partial charge in [0.15, 0.2) is 0 Å². The minimum atomic E-state index is -0.940. The van der Waals surface area contributed by atoms with E-state index in [1.165, 1.54) is 13.2 Å². The van der Waals surface area contributed by atoms with Crippen LogP contribution >= 0.6 is 11.6 Å². The summed E-state index contributed by atoms with van der Waals surface area (Å²) in [6, 6.07) is 9.90. The molecule has 3 rings (SSSR count). The number of hydrogen-bond acceptors (Lipinski definition) is 4. The first-order valence-corrected chi connectivity index (χ1v) is 10.2. The van der Waals surface area contributed by atoms with Gasteiger partial charge in [0.2, 0.25) is 5.91 Å². The number of aryl methyl sites for hydroxylation is 1. The molecule has 1 aromatic heterocycles. The van der Waals surface area contributed by atoms with Gasteiger partial charge in [-0.15, -0.1) is 0 Å². The number of carbonyl (C=O) groups excluding carboxylic acids is 2. The van der Waals surface area contributed by atoms with Crippen LogP contribution in [0.1, 0.15) is 48.9 Å². The Morgan fingerprint density at radius 3 is 2.59 bits per heavy atom. The lowest BCUT2D eigenvalue weighted by molar-refractivity contribution is -0.152. The van der Waals surface area contributed by atoms with Crippen LogP contribution in [0.25, 0.3) is 6.08 Å². The number of rotatable bonds is 6. The van der Waals surface area contributed by atoms with Crippen LogP contribution in [0.5, 0.6) is 0 Å². The second-order valence-electron chi connectivity index (χ2n) is 7.39. The van der Waals surface area contributed by atoms with Crippen molar-refractivity contribution < 1.29 is 14.3 Å². The molecule has 1 N–H and O–H groups in total. The van der Waals surface area contributed by atoms with Crippen LogP contribution in [0.2, 0.25) is 5.15 Å². The highest BCUT2D eigenvalue weighted by molar-refractivity contribution is 6.31. The lowest BCUT2D eigenvalue weighted by Crippen LogP contribution is -2.55. The van der Waals surface area contributed by atoms with Gasteiger partial charge in [-0.05, 0) is 31.4 Å². The molecule has 0 unspecified atom stereocenters. The van der Waals surface area contributed by atoms with E-state index in [0.29, 0.717) is 30.1 Å². The molecule has 0 radical (unpaired) electrons. The Labute approximate surface area is 175 Å². The van der Waals surface area contributed by atoms with Gasteiger partial charge in [0.25, 0.3) is 0 Å². The second-order valence-corrected chi connectivity index (χ2v) is 7.75. The summed E-state index contributed by atoms with van der Waals surface area (Å²) in [4.78, 5) is 24.8. The predicted molar refractivity (Wildman–Crippen MR) is 113 cm³/mol. The van der Waals surface area contributed by atoms with Gasteiger partial charge in [0.05, 0.1) is 19.3 Å². The smallest absolute Gasteiger partial charge is 0.331 e. The van der Waals surface area contributed by atoms with Gasteiger partial charge in [-0.25, -0.2) is 9.48 Å². The van der Waals surface area contributed by atoms with E-state index in [9.17, 15) is 9.59 Å². The zero-order valence-corrected chi connectivity index (χ0v) is 17.5. The third kappa shape index (κ3) is 4.88. The molecule has 1 aromatic carbocycles. The molecule has 0 aliphatic heterocycles. The lowest BCUT2D eigenvalue weighted by Gasteiger charge is -2.34. The second kappa shape index (κ2) is 9.27. The molecular formula is C22H26ClN3O3. The molecule has 29 heavy (non-hydrogen) atoms. The molecular weight excluding hydrogens is 390 g/mol. The van der Waals surface area contributed by atoms with Crippen molar-refractivity contribution in [3.05, 3.63) is 58.4 Å². The average molecular weight is 416 g/mol. The fourth-order valence-electron chi connectivity index (χ4n) is 3.79. The van der Waals surface area contributed by atoms with E-state index in [2.05, 4.69) is 10.4 Å². The molecule has 154 valence electrons. The third-order valence-corrected chi connectivity index (χ3v) is 5.73. The Kier molecular flexibility index (Phi) is 6.75. The Morgan fingerprint density at radius 2 is 1.93 bits per heavy atom. The lowest BCUT2D eigenvalue weighted by atomic mass is 9.81. The number of benzene rings is 1. The first-order chi connectivity index (χ1) is 13.9. The summed E-state index contributed by atoms with van der Waals surface area (Å²) in [5.41, 5.74) is 1.57. The van der Waals surface area contributed by atoms with Crippen LogP contribution in [0, 0.1) is 6.92 Å². The molecule has 0 saturated heterocycles. The van der Waals surface area contributed by atoms with Crippen LogP contribution in [-0.4, -0.2) is 34.3 Å². The Balaban J connectivity index is 1.73. The molecule has 1 amide bonds. The summed E-state index contributed by atoms with van der Waals surface area (Å²) in [7, 11) is 1.35. The van der Waals surface area contributed by atoms with Crippen molar-refractivity contribution in [2.45, 2.75) is 51.1 Å². The van der Waals surface area contributed by atoms with E-state index in [1.807, 2.05) is 37.3 Å². The van der Waals surface area contributed by atoms with Crippen molar-refractivity contribution in [2.75, 3.05) is 7.11 Å². The summed E-state index contributed by atoms with van der Waals surface area (Å²) in [5, 5.41) is 7.82. The van der Waals surface area contributed by atoms with Crippen molar-refractivity contribution in [2.24, 2.45) is 0 Å². The van der Waals surface area contributed by atoms with Crippen LogP contribution < -0.4 is 5.32 Å². The fourth-order valence-corrected chi connectivity index (χ4v) is 4.08. The van der Waals surface area contributed by atoms with E-state index >= 15 is 0 Å². The van der Waals surface area contributed by atoms with Crippen molar-refractivity contribution in [3.8, 4) is 0 Å². The van der Waals surface area contributed by atoms with Crippen LogP contribution in [0.3, 0.4) is 0 Å². The molecule has 1 fully saturated rings. The molecule has 7 heteroatoms. The molecule has 1 aliphatic carbocycles. The van der Waals surface area contributed by atoms with Gasteiger partial charge in [0, 0.05) is 11.6 Å². The van der Waals surface area contributed by atoms with E-state index in [1.54, 1.807) is 10.8 Å². The topological polar surface area (TPSA) is 73.2 Å². The van der Waals surface area contributed by atoms with Gasteiger partial charge >= 0.3 is 5.97 Å². The fraction of sp³-hybridized carbons (Fsp3) is 0.409. The molecule has 0 spiro atoms. The molecule has 6 nitrogen and oxygen atoms in total. The maximum Gasteiger partial charge on any atom is 0.331 e. The predicted octanol–water partition coefficient (Wildman–Crippen LogP) is 3.90. The maximum atomic E-state index is 12.6. The van der Waals surface area contributed by atoms with Gasteiger partial charge < -0.3 is 10.1 Å². The van der Waals surface area contributed by atoms with E-state index in [4.69, 9.17) is 16.3 Å². The molecule has 0 atom stereocenters. The van der Waals surface area contributed by atoms with Gasteiger partial charge in [-0.3, -0.25) is 4.79 Å². The van der Waals surface area contributed by atoms with Gasteiger partial charge in [-0.2, -0.15) is 5.10 Å². The SMILES string of the molecule is COC(=O)C1(NC(=O)/C=C/c2c(C)nn(Cc3ccccc3)c2Cl)CCCCC1. The zero-order chi connectivity index (χ0) is 20.9. The first-order valence-electron chi connectivity index (χ1n) is 9.81. The monoisotopic (exact) mass is 415 g/mol. The standard InChI is InChI=1S/C22H26ClN3O3/c1-16-18(20(23)26(25-16)15-17-9-5-3-6-10-17)11-12-19(27)24-22(21(28)29-2)13-7-4-8-14-22/h3,5-6,9-12H,4,7-8,13-15H2,1-2H3,(H,24,27)/b12-11+. The van der Waals surface area contributed by atoms with E-state index in [0.717, 1.165) is 30.5 Å². The number of hydrogen-bond donors (Lipinski definition) is 1. The molecule has 0 bridgehead atoms. The van der Waals surface area contributed by atoms with Crippen molar-refractivity contribution in [3.63, 3.8) is 0 Å². The number of esters is 1. The Morgan fingerprint density at radius 1 is 1.24 bits per heavy atom. The summed E-state index contributed by atoms with van der Waals surface area (Å²) in [6.45, 7) is 2.40. The number of methoxy groups -OCH3 is 1. The van der Waals surface area contributed by atoms with Crippen LogP contribution in [-0.2, 0) is 20.9 Å². The highest BCUT2D eigenvalue weighted by Crippen LogP contribution is 2.29. The quantitative estimate of drug-likeness (QED) is 0.573. The normalized spacial score (nSPS) is 16.0. The molecule has 2 aromatic rings. The third-order valence-electron chi connectivity index (χ3n) is 5.33. The Bertz CT molecular complexity index is 900. The molecule has 1 heterocycles. The highest BCUT2D eigenvalue weighted by Gasteiger charge is 2.41. The van der Waals surface area contributed by atoms with Crippen molar-refractivity contribution in [1.29, 1.82) is 0 Å². The van der Waals surface area contributed by atoms with Gasteiger partial charge in [0.1, 0.15) is 10.7 Å². The first kappa shape index (κ1) is 21.1. The zero-order valence-electron chi connectivity index (χ0n) is 16.8. The number of amides is 1. The highest BCUT2D eigenvalue weighted by atomic mass is 35.5. The number of halogens is 1. The largest absolute Gasteiger partial charge is 0.467 e. The van der Waals surface area contributed by atoms with Crippen LogP contribution in [0.4, 0.5) is 0 Å². The number of aromatic nitrogens is 2. The number of nitrogens with zero attached hydrogens (tertiary/aromatic N) is 2. The van der Waals surface area contributed by atoms with E-state index in [-0.39, 0.29) is 11.9 Å². The molecule has 1 saturated carbocycles. The minimum absolute atomic E-state index is 0.344. The summed E-state index contributed by atoms with van der Waals surface area (Å²) in [5.74, 6) is -0.729.